The summed E-state index contributed by atoms with van der Waals surface area (Å²) in [5.41, 5.74) is 2.18. The molecule has 0 amide bonds. The molecule has 1 nitrogen and oxygen atoms in total. The van der Waals surface area contributed by atoms with Gasteiger partial charge in [0.05, 0.1) is 0 Å². The van der Waals surface area contributed by atoms with Crippen molar-refractivity contribution >= 4 is 15.9 Å². The van der Waals surface area contributed by atoms with Gasteiger partial charge in [-0.05, 0) is 54.4 Å². The molecule has 2 saturated carbocycles. The first-order chi connectivity index (χ1) is 10.2. The second-order valence-corrected chi connectivity index (χ2v) is 9.35. The minimum absolute atomic E-state index is 0.0619. The summed E-state index contributed by atoms with van der Waals surface area (Å²) in [5, 5.41) is 11.6. The summed E-state index contributed by atoms with van der Waals surface area (Å²) in [4.78, 5) is 0. The summed E-state index contributed by atoms with van der Waals surface area (Å²) in [6, 6.07) is 8.01. The van der Waals surface area contributed by atoms with E-state index in [-0.39, 0.29) is 10.8 Å². The van der Waals surface area contributed by atoms with E-state index < -0.39 is 0 Å². The molecule has 0 saturated heterocycles. The largest absolute Gasteiger partial charge is 0.508 e. The third kappa shape index (κ3) is 1.76. The first-order valence-corrected chi connectivity index (χ1v) is 9.71. The molecule has 2 heteroatoms. The van der Waals surface area contributed by atoms with Crippen molar-refractivity contribution in [2.75, 3.05) is 5.33 Å². The van der Waals surface area contributed by atoms with E-state index in [0.717, 1.165) is 10.9 Å². The molecule has 2 aliphatic carbocycles. The Kier molecular flexibility index (Phi) is 3.72. The third-order valence-corrected chi connectivity index (χ3v) is 8.57. The number of benzene rings is 1. The first-order valence-electron chi connectivity index (χ1n) is 8.59. The van der Waals surface area contributed by atoms with Gasteiger partial charge in [0.1, 0.15) is 5.75 Å². The van der Waals surface area contributed by atoms with Crippen molar-refractivity contribution in [3.63, 3.8) is 0 Å². The number of phenolic OH excluding ortho intramolecular Hbond substituents is 1. The molecule has 0 aromatic heterocycles. The Morgan fingerprint density at radius 1 is 1.09 bits per heavy atom. The van der Waals surface area contributed by atoms with Crippen molar-refractivity contribution in [3.05, 3.63) is 29.8 Å². The molecule has 2 aliphatic rings. The average molecular weight is 365 g/mol. The summed E-state index contributed by atoms with van der Waals surface area (Å²) in [7, 11) is 0. The van der Waals surface area contributed by atoms with Crippen LogP contribution in [-0.2, 0) is 5.41 Å². The van der Waals surface area contributed by atoms with E-state index in [0.29, 0.717) is 16.6 Å². The minimum Gasteiger partial charge on any atom is -0.508 e. The number of halogens is 1. The molecular formula is C20H29BrO. The highest BCUT2D eigenvalue weighted by Crippen LogP contribution is 2.80. The lowest BCUT2D eigenvalue weighted by atomic mass is 9.56. The predicted octanol–water partition coefficient (Wildman–Crippen LogP) is 6.04. The summed E-state index contributed by atoms with van der Waals surface area (Å²) < 4.78 is 0. The molecule has 0 aliphatic heterocycles. The van der Waals surface area contributed by atoms with Crippen molar-refractivity contribution < 1.29 is 5.11 Å². The topological polar surface area (TPSA) is 20.2 Å². The fraction of sp³-hybridized carbons (Fsp3) is 0.700. The third-order valence-electron chi connectivity index (χ3n) is 8.01. The van der Waals surface area contributed by atoms with Gasteiger partial charge in [0.2, 0.25) is 0 Å². The molecule has 0 spiro atoms. The van der Waals surface area contributed by atoms with Crippen LogP contribution in [0.5, 0.6) is 5.75 Å². The maximum absolute atomic E-state index is 10.5. The van der Waals surface area contributed by atoms with Crippen molar-refractivity contribution in [1.29, 1.82) is 0 Å². The lowest BCUT2D eigenvalue weighted by Crippen LogP contribution is -2.42. The fourth-order valence-electron chi connectivity index (χ4n) is 6.11. The van der Waals surface area contributed by atoms with Gasteiger partial charge in [0, 0.05) is 16.3 Å². The lowest BCUT2D eigenvalue weighted by Gasteiger charge is -2.47. The first kappa shape index (κ1) is 16.4. The van der Waals surface area contributed by atoms with Crippen LogP contribution in [0.4, 0.5) is 0 Å². The van der Waals surface area contributed by atoms with E-state index in [2.05, 4.69) is 55.8 Å². The zero-order valence-corrected chi connectivity index (χ0v) is 16.0. The van der Waals surface area contributed by atoms with Crippen LogP contribution in [0.2, 0.25) is 0 Å². The Labute approximate surface area is 143 Å². The van der Waals surface area contributed by atoms with Crippen LogP contribution in [-0.4, -0.2) is 10.4 Å². The van der Waals surface area contributed by atoms with Crippen LogP contribution in [0.15, 0.2) is 24.3 Å². The summed E-state index contributed by atoms with van der Waals surface area (Å²) in [5.74, 6) is 0.477. The molecule has 3 rings (SSSR count). The molecule has 1 N–H and O–H groups in total. The molecule has 122 valence electrons. The Balaban J connectivity index is 2.11. The maximum Gasteiger partial charge on any atom is 0.119 e. The SMILES string of the molecule is CC1(c2ccccc2O)CC2(CCCBr)CCC1(C)C2(C)C. The van der Waals surface area contributed by atoms with Gasteiger partial charge in [-0.2, -0.15) is 0 Å². The minimum atomic E-state index is 0.0619. The quantitative estimate of drug-likeness (QED) is 0.645. The number of hydrogen-bond donors (Lipinski definition) is 1. The number of rotatable bonds is 4. The van der Waals surface area contributed by atoms with Crippen molar-refractivity contribution in [1.82, 2.24) is 0 Å². The smallest absolute Gasteiger partial charge is 0.119 e. The molecule has 0 radical (unpaired) electrons. The lowest BCUT2D eigenvalue weighted by molar-refractivity contribution is 0.0589. The van der Waals surface area contributed by atoms with Gasteiger partial charge in [-0.3, -0.25) is 0 Å². The summed E-state index contributed by atoms with van der Waals surface area (Å²) >= 11 is 3.62. The number of aromatic hydroxyl groups is 1. The standard InChI is InChI=1S/C20H29BrO/c1-17(2)19(4)11-12-20(17,10-7-13-21)14-18(19,3)15-8-5-6-9-16(15)22/h5-6,8-9,22H,7,10-14H2,1-4H3. The van der Waals surface area contributed by atoms with E-state index in [1.807, 2.05) is 12.1 Å². The molecule has 2 fully saturated rings. The monoisotopic (exact) mass is 364 g/mol. The van der Waals surface area contributed by atoms with E-state index >= 15 is 0 Å². The van der Waals surface area contributed by atoms with Gasteiger partial charge in [-0.1, -0.05) is 61.8 Å². The van der Waals surface area contributed by atoms with Crippen LogP contribution >= 0.6 is 15.9 Å². The van der Waals surface area contributed by atoms with Crippen molar-refractivity contribution in [3.8, 4) is 5.75 Å². The highest BCUT2D eigenvalue weighted by atomic mass is 79.9. The van der Waals surface area contributed by atoms with Crippen LogP contribution in [0, 0.1) is 16.2 Å². The van der Waals surface area contributed by atoms with Gasteiger partial charge < -0.3 is 5.11 Å². The summed E-state index contributed by atoms with van der Waals surface area (Å²) in [6.45, 7) is 9.85. The van der Waals surface area contributed by atoms with E-state index in [1.165, 1.54) is 32.1 Å². The van der Waals surface area contributed by atoms with Gasteiger partial charge in [0.25, 0.3) is 0 Å². The Morgan fingerprint density at radius 2 is 1.77 bits per heavy atom. The van der Waals surface area contributed by atoms with Crippen LogP contribution in [0.25, 0.3) is 0 Å². The highest BCUT2D eigenvalue weighted by Gasteiger charge is 2.73. The number of hydrogen-bond acceptors (Lipinski definition) is 1. The zero-order chi connectivity index (χ0) is 16.2. The second-order valence-electron chi connectivity index (χ2n) is 8.56. The van der Waals surface area contributed by atoms with Crippen LogP contribution in [0.1, 0.15) is 65.4 Å². The number of alkyl halides is 1. The van der Waals surface area contributed by atoms with Gasteiger partial charge in [-0.25, -0.2) is 0 Å². The molecule has 1 aromatic rings. The molecule has 2 bridgehead atoms. The summed E-state index contributed by atoms with van der Waals surface area (Å²) in [6.07, 6.45) is 6.36. The van der Waals surface area contributed by atoms with Gasteiger partial charge >= 0.3 is 0 Å². The normalized spacial score (nSPS) is 39.3. The molecule has 0 heterocycles. The Morgan fingerprint density at radius 3 is 2.41 bits per heavy atom. The molecule has 1 aromatic carbocycles. The van der Waals surface area contributed by atoms with Crippen LogP contribution in [0.3, 0.4) is 0 Å². The van der Waals surface area contributed by atoms with E-state index in [9.17, 15) is 5.11 Å². The highest BCUT2D eigenvalue weighted by molar-refractivity contribution is 9.09. The zero-order valence-electron chi connectivity index (χ0n) is 14.4. The number of fused-ring (bicyclic) bond motifs is 2. The van der Waals surface area contributed by atoms with Gasteiger partial charge in [-0.15, -0.1) is 0 Å². The Bertz CT molecular complexity index is 581. The predicted molar refractivity (Wildman–Crippen MR) is 96.7 cm³/mol. The van der Waals surface area contributed by atoms with Gasteiger partial charge in [0.15, 0.2) is 0 Å². The molecule has 3 unspecified atom stereocenters. The molecular weight excluding hydrogens is 336 g/mol. The van der Waals surface area contributed by atoms with Crippen molar-refractivity contribution in [2.45, 2.75) is 65.2 Å². The molecule has 3 atom stereocenters. The second kappa shape index (κ2) is 5.00. The fourth-order valence-corrected chi connectivity index (χ4v) is 6.39. The van der Waals surface area contributed by atoms with E-state index in [1.54, 1.807) is 0 Å². The Hall–Kier alpha value is -0.500. The number of para-hydroxylation sites is 1. The maximum atomic E-state index is 10.5. The van der Waals surface area contributed by atoms with Crippen molar-refractivity contribution in [2.24, 2.45) is 16.2 Å². The average Bonchev–Trinajstić information content (AvgIpc) is 2.74. The van der Waals surface area contributed by atoms with Crippen LogP contribution < -0.4 is 0 Å². The van der Waals surface area contributed by atoms with E-state index in [4.69, 9.17) is 0 Å². The number of phenols is 1. The molecule has 22 heavy (non-hydrogen) atoms.